The third-order valence-corrected chi connectivity index (χ3v) is 2.69. The van der Waals surface area contributed by atoms with Gasteiger partial charge in [-0.1, -0.05) is 18.2 Å². The van der Waals surface area contributed by atoms with E-state index in [1.807, 2.05) is 30.3 Å². The number of fused-ring (bicyclic) bond motifs is 3. The predicted molar refractivity (Wildman–Crippen MR) is 61.9 cm³/mol. The van der Waals surface area contributed by atoms with Gasteiger partial charge in [0.05, 0.1) is 5.69 Å². The van der Waals surface area contributed by atoms with E-state index in [-0.39, 0.29) is 5.75 Å². The largest absolute Gasteiger partial charge is 0.506 e. The van der Waals surface area contributed by atoms with Crippen molar-refractivity contribution < 1.29 is 5.11 Å². The van der Waals surface area contributed by atoms with Crippen LogP contribution in [0.1, 0.15) is 0 Å². The fourth-order valence-electron chi connectivity index (χ4n) is 1.96. The minimum Gasteiger partial charge on any atom is -0.506 e. The Balaban J connectivity index is 2.63. The maximum Gasteiger partial charge on any atom is 0.139 e. The predicted octanol–water partition coefficient (Wildman–Crippen LogP) is 2.61. The van der Waals surface area contributed by atoms with E-state index in [9.17, 15) is 5.11 Å². The normalized spacial score (nSPS) is 11.2. The van der Waals surface area contributed by atoms with Crippen LogP contribution in [0.4, 0.5) is 5.69 Å². The molecule has 1 heterocycles. The van der Waals surface area contributed by atoms with Gasteiger partial charge in [0.2, 0.25) is 0 Å². The highest BCUT2D eigenvalue weighted by Crippen LogP contribution is 2.34. The fourth-order valence-corrected chi connectivity index (χ4v) is 1.96. The summed E-state index contributed by atoms with van der Waals surface area (Å²) in [7, 11) is 0. The molecule has 3 rings (SSSR count). The number of nitrogen functional groups attached to an aromatic ring is 1. The summed E-state index contributed by atoms with van der Waals surface area (Å²) in [6.45, 7) is 0. The van der Waals surface area contributed by atoms with Gasteiger partial charge < -0.3 is 15.8 Å². The number of benzene rings is 2. The van der Waals surface area contributed by atoms with E-state index in [2.05, 4.69) is 4.98 Å². The van der Waals surface area contributed by atoms with Crippen molar-refractivity contribution in [1.82, 2.24) is 4.98 Å². The van der Waals surface area contributed by atoms with Gasteiger partial charge >= 0.3 is 0 Å². The standard InChI is InChI=1S/C12H10N2O/c13-12-10(15)6-5-9-11(12)7-3-1-2-4-8(7)14-9/h1-6,14-15H,13H2. The van der Waals surface area contributed by atoms with E-state index in [0.717, 1.165) is 21.8 Å². The smallest absolute Gasteiger partial charge is 0.139 e. The molecule has 3 aromatic rings. The fraction of sp³-hybridized carbons (Fsp3) is 0. The van der Waals surface area contributed by atoms with Crippen molar-refractivity contribution in [3.8, 4) is 5.75 Å². The van der Waals surface area contributed by atoms with Crippen molar-refractivity contribution in [3.63, 3.8) is 0 Å². The number of phenols is 1. The van der Waals surface area contributed by atoms with Gasteiger partial charge in [0.25, 0.3) is 0 Å². The molecule has 0 aliphatic carbocycles. The van der Waals surface area contributed by atoms with Crippen molar-refractivity contribution >= 4 is 27.5 Å². The maximum atomic E-state index is 9.56. The van der Waals surface area contributed by atoms with Crippen molar-refractivity contribution in [2.45, 2.75) is 0 Å². The number of aromatic amines is 1. The second-order valence-electron chi connectivity index (χ2n) is 3.59. The minimum absolute atomic E-state index is 0.132. The van der Waals surface area contributed by atoms with Crippen molar-refractivity contribution in [1.29, 1.82) is 0 Å². The molecule has 0 bridgehead atoms. The molecule has 3 heteroatoms. The second kappa shape index (κ2) is 2.67. The summed E-state index contributed by atoms with van der Waals surface area (Å²) >= 11 is 0. The number of aromatic hydroxyl groups is 1. The second-order valence-corrected chi connectivity index (χ2v) is 3.59. The van der Waals surface area contributed by atoms with Crippen molar-refractivity contribution in [2.24, 2.45) is 0 Å². The van der Waals surface area contributed by atoms with Crippen LogP contribution in [0.2, 0.25) is 0 Å². The zero-order chi connectivity index (χ0) is 10.4. The molecule has 0 radical (unpaired) electrons. The molecule has 0 saturated heterocycles. The maximum absolute atomic E-state index is 9.56. The zero-order valence-corrected chi connectivity index (χ0v) is 7.99. The number of rotatable bonds is 0. The van der Waals surface area contributed by atoms with Crippen molar-refractivity contribution in [2.75, 3.05) is 5.73 Å². The van der Waals surface area contributed by atoms with E-state index >= 15 is 0 Å². The third-order valence-electron chi connectivity index (χ3n) is 2.69. The van der Waals surface area contributed by atoms with Gasteiger partial charge in [-0.15, -0.1) is 0 Å². The van der Waals surface area contributed by atoms with E-state index < -0.39 is 0 Å². The topological polar surface area (TPSA) is 62.0 Å². The molecule has 0 spiro atoms. The molecule has 15 heavy (non-hydrogen) atoms. The first kappa shape index (κ1) is 8.17. The zero-order valence-electron chi connectivity index (χ0n) is 7.99. The third kappa shape index (κ3) is 1.00. The van der Waals surface area contributed by atoms with Gasteiger partial charge in [-0.3, -0.25) is 0 Å². The number of aromatic nitrogens is 1. The number of nitrogens with one attached hydrogen (secondary N) is 1. The first-order valence-corrected chi connectivity index (χ1v) is 4.75. The number of phenolic OH excluding ortho intramolecular Hbond substituents is 1. The molecular formula is C12H10N2O. The Hall–Kier alpha value is -2.16. The summed E-state index contributed by atoms with van der Waals surface area (Å²) < 4.78 is 0. The molecule has 0 saturated carbocycles. The Morgan fingerprint density at radius 2 is 1.80 bits per heavy atom. The lowest BCUT2D eigenvalue weighted by Crippen LogP contribution is -1.86. The Labute approximate surface area is 86.1 Å². The van der Waals surface area contributed by atoms with Crippen LogP contribution in [-0.4, -0.2) is 10.1 Å². The number of nitrogens with two attached hydrogens (primary N) is 1. The first-order valence-electron chi connectivity index (χ1n) is 4.75. The molecule has 0 aliphatic heterocycles. The summed E-state index contributed by atoms with van der Waals surface area (Å²) in [5.74, 6) is 0.132. The van der Waals surface area contributed by atoms with E-state index in [1.54, 1.807) is 6.07 Å². The van der Waals surface area contributed by atoms with Gasteiger partial charge in [-0.2, -0.15) is 0 Å². The Bertz CT molecular complexity index is 655. The molecule has 74 valence electrons. The number of H-pyrrole nitrogens is 1. The van der Waals surface area contributed by atoms with Gasteiger partial charge in [-0.05, 0) is 18.2 Å². The lowest BCUT2D eigenvalue weighted by atomic mass is 10.1. The van der Waals surface area contributed by atoms with Gasteiger partial charge in [0.1, 0.15) is 5.75 Å². The van der Waals surface area contributed by atoms with Gasteiger partial charge in [0, 0.05) is 21.8 Å². The van der Waals surface area contributed by atoms with Crippen LogP contribution in [0.5, 0.6) is 5.75 Å². The number of para-hydroxylation sites is 1. The molecule has 1 aromatic heterocycles. The van der Waals surface area contributed by atoms with E-state index in [1.165, 1.54) is 0 Å². The monoisotopic (exact) mass is 198 g/mol. The molecule has 0 amide bonds. The van der Waals surface area contributed by atoms with Crippen LogP contribution < -0.4 is 5.73 Å². The van der Waals surface area contributed by atoms with Crippen LogP contribution >= 0.6 is 0 Å². The van der Waals surface area contributed by atoms with Crippen LogP contribution in [0.3, 0.4) is 0 Å². The molecule has 0 aliphatic rings. The molecule has 0 fully saturated rings. The molecule has 2 aromatic carbocycles. The molecule has 0 unspecified atom stereocenters. The number of anilines is 1. The minimum atomic E-state index is 0.132. The van der Waals surface area contributed by atoms with E-state index in [4.69, 9.17) is 5.73 Å². The molecular weight excluding hydrogens is 188 g/mol. The summed E-state index contributed by atoms with van der Waals surface area (Å²) in [4.78, 5) is 3.25. The van der Waals surface area contributed by atoms with Crippen LogP contribution in [-0.2, 0) is 0 Å². The highest BCUT2D eigenvalue weighted by Gasteiger charge is 2.08. The highest BCUT2D eigenvalue weighted by molar-refractivity contribution is 6.13. The lowest BCUT2D eigenvalue weighted by Gasteiger charge is -1.99. The quantitative estimate of drug-likeness (QED) is 0.384. The summed E-state index contributed by atoms with van der Waals surface area (Å²) in [5, 5.41) is 11.5. The molecule has 3 nitrogen and oxygen atoms in total. The van der Waals surface area contributed by atoms with Gasteiger partial charge in [-0.25, -0.2) is 0 Å². The summed E-state index contributed by atoms with van der Waals surface area (Å²) in [6.07, 6.45) is 0. The highest BCUT2D eigenvalue weighted by atomic mass is 16.3. The molecule has 4 N–H and O–H groups in total. The molecule has 0 atom stereocenters. The van der Waals surface area contributed by atoms with E-state index in [0.29, 0.717) is 5.69 Å². The summed E-state index contributed by atoms with van der Waals surface area (Å²) in [6, 6.07) is 11.3. The number of hydrogen-bond donors (Lipinski definition) is 3. The Kier molecular flexibility index (Phi) is 1.45. The van der Waals surface area contributed by atoms with Crippen LogP contribution in [0.15, 0.2) is 36.4 Å². The van der Waals surface area contributed by atoms with Crippen LogP contribution in [0.25, 0.3) is 21.8 Å². The lowest BCUT2D eigenvalue weighted by molar-refractivity contribution is 0.478. The Morgan fingerprint density at radius 3 is 2.67 bits per heavy atom. The van der Waals surface area contributed by atoms with Crippen LogP contribution in [0, 0.1) is 0 Å². The van der Waals surface area contributed by atoms with Gasteiger partial charge in [0.15, 0.2) is 0 Å². The SMILES string of the molecule is Nc1c(O)ccc2[nH]c3ccccc3c12. The average molecular weight is 198 g/mol. The average Bonchev–Trinajstić information content (AvgIpc) is 2.62. The van der Waals surface area contributed by atoms with Crippen molar-refractivity contribution in [3.05, 3.63) is 36.4 Å². The first-order chi connectivity index (χ1) is 7.27. The summed E-state index contributed by atoms with van der Waals surface area (Å²) in [5.41, 5.74) is 8.28. The Morgan fingerprint density at radius 1 is 1.00 bits per heavy atom. The number of hydrogen-bond acceptors (Lipinski definition) is 2.